The van der Waals surface area contributed by atoms with Crippen molar-refractivity contribution in [1.82, 2.24) is 4.98 Å². The molecule has 0 aliphatic heterocycles. The van der Waals surface area contributed by atoms with Gasteiger partial charge in [-0.15, -0.1) is 0 Å². The number of carbonyl (C=O) groups excluding carboxylic acids is 1. The van der Waals surface area contributed by atoms with Gasteiger partial charge >= 0.3 is 5.97 Å². The first-order valence-corrected chi connectivity index (χ1v) is 10.5. The first-order chi connectivity index (χ1) is 15.2. The number of aliphatic imine (C=N–C) groups is 1. The molecule has 0 spiro atoms. The molecule has 1 unspecified atom stereocenters. The molecule has 0 amide bonds. The summed E-state index contributed by atoms with van der Waals surface area (Å²) in [7, 11) is 1.38. The van der Waals surface area contributed by atoms with Gasteiger partial charge in [-0.05, 0) is 41.3 Å². The largest absolute Gasteiger partial charge is 0.493 e. The Morgan fingerprint density at radius 3 is 2.42 bits per heavy atom. The minimum absolute atomic E-state index is 0.353. The van der Waals surface area contributed by atoms with Crippen LogP contribution >= 0.6 is 0 Å². The number of ether oxygens (including phenoxy) is 2. The Labute approximate surface area is 183 Å². The molecule has 0 aliphatic rings. The number of hydrogen-bond acceptors (Lipinski definition) is 5. The molecule has 0 fully saturated rings. The molecule has 160 valence electrons. The zero-order valence-electron chi connectivity index (χ0n) is 18.0. The highest BCUT2D eigenvalue weighted by atomic mass is 16.5. The second-order valence-electron chi connectivity index (χ2n) is 7.19. The molecule has 5 heteroatoms. The SMILES string of the molecule is CCc1ccc(CCOc2ccc(CC(/N=C\c3ccccc3)C(=O)OC)cc2)nc1. The maximum Gasteiger partial charge on any atom is 0.330 e. The molecule has 2 aromatic carbocycles. The second-order valence-corrected chi connectivity index (χ2v) is 7.19. The fourth-order valence-electron chi connectivity index (χ4n) is 3.08. The summed E-state index contributed by atoms with van der Waals surface area (Å²) >= 11 is 0. The van der Waals surface area contributed by atoms with Crippen molar-refractivity contribution in [1.29, 1.82) is 0 Å². The minimum Gasteiger partial charge on any atom is -0.493 e. The number of rotatable bonds is 10. The van der Waals surface area contributed by atoms with Crippen LogP contribution in [0.3, 0.4) is 0 Å². The van der Waals surface area contributed by atoms with Crippen LogP contribution in [0, 0.1) is 0 Å². The fraction of sp³-hybridized carbons (Fsp3) is 0.269. The predicted octanol–water partition coefficient (Wildman–Crippen LogP) is 4.47. The number of aromatic nitrogens is 1. The van der Waals surface area contributed by atoms with Crippen molar-refractivity contribution in [2.45, 2.75) is 32.2 Å². The maximum absolute atomic E-state index is 12.2. The van der Waals surface area contributed by atoms with Gasteiger partial charge in [0.15, 0.2) is 6.04 Å². The van der Waals surface area contributed by atoms with Gasteiger partial charge in [-0.1, -0.05) is 55.5 Å². The van der Waals surface area contributed by atoms with Crippen LogP contribution < -0.4 is 4.74 Å². The van der Waals surface area contributed by atoms with E-state index in [4.69, 9.17) is 9.47 Å². The molecule has 0 N–H and O–H groups in total. The highest BCUT2D eigenvalue weighted by Crippen LogP contribution is 2.15. The highest BCUT2D eigenvalue weighted by Gasteiger charge is 2.18. The summed E-state index contributed by atoms with van der Waals surface area (Å²) in [6.07, 6.45) is 5.83. The van der Waals surface area contributed by atoms with Crippen molar-refractivity contribution in [2.24, 2.45) is 4.99 Å². The van der Waals surface area contributed by atoms with Crippen LogP contribution in [0.15, 0.2) is 77.9 Å². The molecule has 0 radical (unpaired) electrons. The van der Waals surface area contributed by atoms with Crippen molar-refractivity contribution in [2.75, 3.05) is 13.7 Å². The van der Waals surface area contributed by atoms with Crippen LogP contribution in [0.4, 0.5) is 0 Å². The number of pyridine rings is 1. The lowest BCUT2D eigenvalue weighted by Gasteiger charge is -2.11. The lowest BCUT2D eigenvalue weighted by molar-refractivity contribution is -0.142. The number of esters is 1. The van der Waals surface area contributed by atoms with E-state index in [9.17, 15) is 4.79 Å². The summed E-state index contributed by atoms with van der Waals surface area (Å²) in [5.74, 6) is 0.436. The van der Waals surface area contributed by atoms with E-state index in [2.05, 4.69) is 23.0 Å². The Kier molecular flexibility index (Phi) is 8.35. The average molecular weight is 417 g/mol. The van der Waals surface area contributed by atoms with Crippen LogP contribution in [-0.2, 0) is 28.8 Å². The van der Waals surface area contributed by atoms with Crippen molar-refractivity contribution in [3.05, 3.63) is 95.3 Å². The van der Waals surface area contributed by atoms with E-state index in [1.165, 1.54) is 12.7 Å². The monoisotopic (exact) mass is 416 g/mol. The lowest BCUT2D eigenvalue weighted by Crippen LogP contribution is -2.23. The van der Waals surface area contributed by atoms with E-state index in [0.717, 1.165) is 35.4 Å². The topological polar surface area (TPSA) is 60.8 Å². The van der Waals surface area contributed by atoms with Crippen molar-refractivity contribution < 1.29 is 14.3 Å². The third kappa shape index (κ3) is 7.07. The summed E-state index contributed by atoms with van der Waals surface area (Å²) in [4.78, 5) is 21.0. The first kappa shape index (κ1) is 22.2. The number of aryl methyl sites for hydroxylation is 1. The molecule has 1 atom stereocenters. The van der Waals surface area contributed by atoms with Crippen LogP contribution in [0.5, 0.6) is 5.75 Å². The molecule has 0 aliphatic carbocycles. The third-order valence-electron chi connectivity index (χ3n) is 4.95. The van der Waals surface area contributed by atoms with E-state index < -0.39 is 6.04 Å². The normalized spacial score (nSPS) is 11.9. The molecule has 0 saturated heterocycles. The zero-order valence-corrected chi connectivity index (χ0v) is 18.0. The lowest BCUT2D eigenvalue weighted by atomic mass is 10.1. The van der Waals surface area contributed by atoms with Gasteiger partial charge in [0.2, 0.25) is 0 Å². The summed E-state index contributed by atoms with van der Waals surface area (Å²) < 4.78 is 10.8. The van der Waals surface area contributed by atoms with Crippen molar-refractivity contribution in [3.63, 3.8) is 0 Å². The van der Waals surface area contributed by atoms with Gasteiger partial charge < -0.3 is 9.47 Å². The van der Waals surface area contributed by atoms with Crippen molar-refractivity contribution in [3.8, 4) is 5.75 Å². The molecule has 5 nitrogen and oxygen atoms in total. The fourth-order valence-corrected chi connectivity index (χ4v) is 3.08. The molecule has 3 aromatic rings. The zero-order chi connectivity index (χ0) is 21.9. The summed E-state index contributed by atoms with van der Waals surface area (Å²) in [6.45, 7) is 2.68. The van der Waals surface area contributed by atoms with Crippen molar-refractivity contribution >= 4 is 12.2 Å². The number of carbonyl (C=O) groups is 1. The van der Waals surface area contributed by atoms with Crippen LogP contribution in [-0.4, -0.2) is 36.9 Å². The van der Waals surface area contributed by atoms with Gasteiger partial charge in [0, 0.05) is 30.9 Å². The Morgan fingerprint density at radius 2 is 1.77 bits per heavy atom. The molecule has 1 aromatic heterocycles. The molecular weight excluding hydrogens is 388 g/mol. The van der Waals surface area contributed by atoms with E-state index in [1.54, 1.807) is 6.21 Å². The molecule has 3 rings (SSSR count). The summed E-state index contributed by atoms with van der Waals surface area (Å²) in [5.41, 5.74) is 4.19. The molecule has 1 heterocycles. The summed E-state index contributed by atoms with van der Waals surface area (Å²) in [6, 6.07) is 21.0. The quantitative estimate of drug-likeness (QED) is 0.361. The van der Waals surface area contributed by atoms with Crippen LogP contribution in [0.25, 0.3) is 0 Å². The Bertz CT molecular complexity index is 968. The highest BCUT2D eigenvalue weighted by molar-refractivity contribution is 5.84. The number of nitrogens with zero attached hydrogens (tertiary/aromatic N) is 2. The average Bonchev–Trinajstić information content (AvgIpc) is 2.83. The van der Waals surface area contributed by atoms with Gasteiger partial charge in [-0.25, -0.2) is 4.79 Å². The Balaban J connectivity index is 1.54. The van der Waals surface area contributed by atoms with E-state index in [1.807, 2.05) is 66.9 Å². The smallest absolute Gasteiger partial charge is 0.330 e. The second kappa shape index (κ2) is 11.6. The predicted molar refractivity (Wildman–Crippen MR) is 123 cm³/mol. The molecule has 31 heavy (non-hydrogen) atoms. The van der Waals surface area contributed by atoms with Gasteiger partial charge in [0.05, 0.1) is 13.7 Å². The first-order valence-electron chi connectivity index (χ1n) is 10.5. The van der Waals surface area contributed by atoms with Gasteiger partial charge in [-0.3, -0.25) is 9.98 Å². The third-order valence-corrected chi connectivity index (χ3v) is 4.95. The minimum atomic E-state index is -0.589. The standard InChI is InChI=1S/C26H28N2O3/c1-3-20-9-12-23(27-18-20)15-16-31-24-13-10-21(11-14-24)17-25(26(29)30-2)28-19-22-7-5-4-6-8-22/h4-14,18-19,25H,3,15-17H2,1-2H3/b28-19-. The molecular formula is C26H28N2O3. The number of methoxy groups -OCH3 is 1. The van der Waals surface area contributed by atoms with E-state index >= 15 is 0 Å². The van der Waals surface area contributed by atoms with Crippen LogP contribution in [0.1, 0.15) is 29.3 Å². The Hall–Kier alpha value is -3.47. The van der Waals surface area contributed by atoms with Gasteiger partial charge in [0.1, 0.15) is 5.75 Å². The maximum atomic E-state index is 12.2. The van der Waals surface area contributed by atoms with Crippen LogP contribution in [0.2, 0.25) is 0 Å². The van der Waals surface area contributed by atoms with Gasteiger partial charge in [-0.2, -0.15) is 0 Å². The molecule has 0 bridgehead atoms. The van der Waals surface area contributed by atoms with Gasteiger partial charge in [0.25, 0.3) is 0 Å². The number of hydrogen-bond donors (Lipinski definition) is 0. The number of benzene rings is 2. The Morgan fingerprint density at radius 1 is 1.03 bits per heavy atom. The summed E-state index contributed by atoms with van der Waals surface area (Å²) in [5, 5.41) is 0. The molecule has 0 saturated carbocycles. The van der Waals surface area contributed by atoms with E-state index in [0.29, 0.717) is 13.0 Å². The van der Waals surface area contributed by atoms with E-state index in [-0.39, 0.29) is 5.97 Å².